The Bertz CT molecular complexity index is 886. The van der Waals surface area contributed by atoms with Gasteiger partial charge in [-0.05, 0) is 38.5 Å². The van der Waals surface area contributed by atoms with Crippen LogP contribution in [0.4, 0.5) is 0 Å². The maximum absolute atomic E-state index is 13.2. The summed E-state index contributed by atoms with van der Waals surface area (Å²) in [7, 11) is -3.70. The van der Waals surface area contributed by atoms with Gasteiger partial charge in [0.2, 0.25) is 10.0 Å². The predicted octanol–water partition coefficient (Wildman–Crippen LogP) is 4.24. The summed E-state index contributed by atoms with van der Waals surface area (Å²) in [6.45, 7) is 9.59. The average molecular weight is 353 g/mol. The van der Waals surface area contributed by atoms with Crippen LogP contribution in [0.3, 0.4) is 0 Å². The number of hydrogen-bond donors (Lipinski definition) is 0. The molecule has 2 aromatic carbocycles. The van der Waals surface area contributed by atoms with E-state index in [0.717, 1.165) is 16.7 Å². The lowest BCUT2D eigenvalue weighted by molar-refractivity contribution is 0.402. The van der Waals surface area contributed by atoms with Crippen LogP contribution in [0.15, 0.2) is 66.1 Å². The first-order valence-corrected chi connectivity index (χ1v) is 9.51. The summed E-state index contributed by atoms with van der Waals surface area (Å²) >= 11 is 0. The van der Waals surface area contributed by atoms with Crippen molar-refractivity contribution in [3.8, 4) is 11.8 Å². The van der Waals surface area contributed by atoms with Crippen molar-refractivity contribution in [1.29, 1.82) is 0 Å². The largest absolute Gasteiger partial charge is 0.244 e. The van der Waals surface area contributed by atoms with Crippen LogP contribution in [0.25, 0.3) is 0 Å². The summed E-state index contributed by atoms with van der Waals surface area (Å²) < 4.78 is 27.8. The molecule has 0 aromatic heterocycles. The molecule has 1 atom stereocenters. The first kappa shape index (κ1) is 19.0. The highest BCUT2D eigenvalue weighted by atomic mass is 32.2. The zero-order valence-corrected chi connectivity index (χ0v) is 15.7. The van der Waals surface area contributed by atoms with Crippen LogP contribution in [0.5, 0.6) is 0 Å². The number of nitrogens with zero attached hydrogens (tertiary/aromatic N) is 1. The predicted molar refractivity (Wildman–Crippen MR) is 103 cm³/mol. The molecule has 130 valence electrons. The fraction of sp³-hybridized carbons (Fsp3) is 0.238. The molecule has 0 aliphatic rings. The smallest absolute Gasteiger partial charge is 0.207 e. The SMILES string of the molecule is C=C[C@@H](c1ccc(C)cc1)N(CC#CC)S(=O)(=O)c1ccc(C)cc1. The third-order valence-corrected chi connectivity index (χ3v) is 5.83. The van der Waals surface area contributed by atoms with Gasteiger partial charge < -0.3 is 0 Å². The molecule has 0 aliphatic carbocycles. The second-order valence-corrected chi connectivity index (χ2v) is 7.77. The molecule has 0 heterocycles. The Morgan fingerprint density at radius 3 is 2.04 bits per heavy atom. The summed E-state index contributed by atoms with van der Waals surface area (Å²) in [5.74, 6) is 5.66. The molecule has 0 fully saturated rings. The minimum absolute atomic E-state index is 0.108. The van der Waals surface area contributed by atoms with E-state index in [1.54, 1.807) is 37.3 Å². The zero-order valence-electron chi connectivity index (χ0n) is 14.9. The maximum Gasteiger partial charge on any atom is 0.244 e. The lowest BCUT2D eigenvalue weighted by Gasteiger charge is -2.27. The molecule has 4 heteroatoms. The van der Waals surface area contributed by atoms with E-state index in [1.165, 1.54) is 4.31 Å². The van der Waals surface area contributed by atoms with E-state index in [4.69, 9.17) is 0 Å². The van der Waals surface area contributed by atoms with E-state index in [9.17, 15) is 8.42 Å². The van der Waals surface area contributed by atoms with Crippen molar-refractivity contribution in [1.82, 2.24) is 4.31 Å². The molecule has 0 saturated carbocycles. The van der Waals surface area contributed by atoms with Gasteiger partial charge >= 0.3 is 0 Å². The van der Waals surface area contributed by atoms with Gasteiger partial charge in [0.1, 0.15) is 0 Å². The van der Waals surface area contributed by atoms with Crippen LogP contribution >= 0.6 is 0 Å². The molecule has 0 radical (unpaired) electrons. The topological polar surface area (TPSA) is 37.4 Å². The van der Waals surface area contributed by atoms with Crippen molar-refractivity contribution < 1.29 is 8.42 Å². The molecule has 2 rings (SSSR count). The molecule has 0 bridgehead atoms. The third-order valence-electron chi connectivity index (χ3n) is 3.99. The molecule has 0 saturated heterocycles. The highest BCUT2D eigenvalue weighted by molar-refractivity contribution is 7.89. The molecule has 3 nitrogen and oxygen atoms in total. The van der Waals surface area contributed by atoms with E-state index in [1.807, 2.05) is 38.1 Å². The standard InChI is InChI=1S/C21H23NO2S/c1-5-7-16-22(21(6-2)19-12-8-17(3)9-13-19)25(23,24)20-14-10-18(4)11-15-20/h6,8-15,21H,2,16H2,1,3-4H3/t21-/m0/s1. The molecule has 0 unspecified atom stereocenters. The van der Waals surface area contributed by atoms with Gasteiger partial charge in [-0.3, -0.25) is 0 Å². The van der Waals surface area contributed by atoms with Crippen LogP contribution in [0.1, 0.15) is 29.7 Å². The highest BCUT2D eigenvalue weighted by Crippen LogP contribution is 2.28. The number of benzene rings is 2. The molecule has 0 amide bonds. The van der Waals surface area contributed by atoms with Gasteiger partial charge in [0.25, 0.3) is 0 Å². The maximum atomic E-state index is 13.2. The minimum atomic E-state index is -3.70. The number of hydrogen-bond acceptors (Lipinski definition) is 2. The molecular weight excluding hydrogens is 330 g/mol. The Morgan fingerprint density at radius 2 is 1.56 bits per heavy atom. The summed E-state index contributed by atoms with van der Waals surface area (Å²) in [4.78, 5) is 0.259. The van der Waals surface area contributed by atoms with Crippen LogP contribution in [0, 0.1) is 25.7 Å². The summed E-state index contributed by atoms with van der Waals surface area (Å²) in [5, 5.41) is 0. The van der Waals surface area contributed by atoms with Crippen molar-refractivity contribution >= 4 is 10.0 Å². The minimum Gasteiger partial charge on any atom is -0.207 e. The van der Waals surface area contributed by atoms with Gasteiger partial charge in [0.05, 0.1) is 17.5 Å². The van der Waals surface area contributed by atoms with Crippen molar-refractivity contribution in [2.24, 2.45) is 0 Å². The first-order chi connectivity index (χ1) is 11.9. The molecular formula is C21H23NO2S. The molecule has 2 aromatic rings. The van der Waals surface area contributed by atoms with Crippen LogP contribution < -0.4 is 0 Å². The Morgan fingerprint density at radius 1 is 1.04 bits per heavy atom. The summed E-state index contributed by atoms with van der Waals surface area (Å²) in [6.07, 6.45) is 1.65. The average Bonchev–Trinajstić information content (AvgIpc) is 2.60. The van der Waals surface area contributed by atoms with Gasteiger partial charge in [-0.1, -0.05) is 59.5 Å². The quantitative estimate of drug-likeness (QED) is 0.575. The van der Waals surface area contributed by atoms with Crippen molar-refractivity contribution in [2.45, 2.75) is 31.7 Å². The summed E-state index contributed by atoms with van der Waals surface area (Å²) in [5.41, 5.74) is 3.00. The van der Waals surface area contributed by atoms with Gasteiger partial charge in [0.15, 0.2) is 0 Å². The van der Waals surface area contributed by atoms with E-state index in [2.05, 4.69) is 18.4 Å². The van der Waals surface area contributed by atoms with Gasteiger partial charge in [-0.15, -0.1) is 12.5 Å². The van der Waals surface area contributed by atoms with Crippen molar-refractivity contribution in [3.63, 3.8) is 0 Å². The van der Waals surface area contributed by atoms with Gasteiger partial charge in [-0.25, -0.2) is 8.42 Å². The Hall–Kier alpha value is -2.35. The molecule has 0 N–H and O–H groups in total. The number of aryl methyl sites for hydroxylation is 2. The first-order valence-electron chi connectivity index (χ1n) is 8.07. The highest BCUT2D eigenvalue weighted by Gasteiger charge is 2.30. The van der Waals surface area contributed by atoms with Gasteiger partial charge in [-0.2, -0.15) is 4.31 Å². The number of sulfonamides is 1. The van der Waals surface area contributed by atoms with Crippen LogP contribution in [0.2, 0.25) is 0 Å². The third kappa shape index (κ3) is 4.39. The summed E-state index contributed by atoms with van der Waals surface area (Å²) in [6, 6.07) is 14.2. The second kappa shape index (κ2) is 8.15. The Balaban J connectivity index is 2.52. The Labute approximate surface area is 151 Å². The monoisotopic (exact) mass is 353 g/mol. The normalized spacial score (nSPS) is 12.3. The Kier molecular flexibility index (Phi) is 6.19. The zero-order chi connectivity index (χ0) is 18.4. The molecule has 0 spiro atoms. The number of rotatable bonds is 6. The lowest BCUT2D eigenvalue weighted by Crippen LogP contribution is -2.34. The van der Waals surface area contributed by atoms with E-state index in [0.29, 0.717) is 0 Å². The fourth-order valence-electron chi connectivity index (χ4n) is 2.52. The van der Waals surface area contributed by atoms with E-state index in [-0.39, 0.29) is 11.4 Å². The second-order valence-electron chi connectivity index (χ2n) is 5.88. The lowest BCUT2D eigenvalue weighted by atomic mass is 10.1. The fourth-order valence-corrected chi connectivity index (χ4v) is 4.01. The van der Waals surface area contributed by atoms with Crippen molar-refractivity contribution in [3.05, 3.63) is 77.9 Å². The van der Waals surface area contributed by atoms with Gasteiger partial charge in [0, 0.05) is 0 Å². The van der Waals surface area contributed by atoms with Crippen LogP contribution in [-0.2, 0) is 10.0 Å². The van der Waals surface area contributed by atoms with E-state index >= 15 is 0 Å². The molecule has 0 aliphatic heterocycles. The van der Waals surface area contributed by atoms with E-state index < -0.39 is 16.1 Å². The van der Waals surface area contributed by atoms with Crippen molar-refractivity contribution in [2.75, 3.05) is 6.54 Å². The molecule has 25 heavy (non-hydrogen) atoms. The van der Waals surface area contributed by atoms with Crippen LogP contribution in [-0.4, -0.2) is 19.3 Å².